The lowest BCUT2D eigenvalue weighted by molar-refractivity contribution is 0.0295. The number of rotatable bonds is 5. The fraction of sp³-hybridized carbons (Fsp3) is 0.542. The second-order valence-electron chi connectivity index (χ2n) is 8.52. The number of carbonyl (C=O) groups is 1. The number of ether oxygens (including phenoxy) is 1. The maximum atomic E-state index is 14.5. The monoisotopic (exact) mass is 446 g/mol. The zero-order valence-corrected chi connectivity index (χ0v) is 19.2. The van der Waals surface area contributed by atoms with Crippen molar-refractivity contribution >= 4 is 11.6 Å². The smallest absolute Gasteiger partial charge is 0.271 e. The van der Waals surface area contributed by atoms with Gasteiger partial charge in [0.1, 0.15) is 17.3 Å². The Morgan fingerprint density at radius 3 is 2.22 bits per heavy atom. The normalized spacial score (nSPS) is 17.8. The summed E-state index contributed by atoms with van der Waals surface area (Å²) in [5.74, 6) is -1.30. The highest BCUT2D eigenvalue weighted by Crippen LogP contribution is 2.33. The second-order valence-corrected chi connectivity index (χ2v) is 8.52. The minimum absolute atomic E-state index is 0.0223. The van der Waals surface area contributed by atoms with Gasteiger partial charge in [0.2, 0.25) is 0 Å². The topological polar surface area (TPSA) is 40.9 Å². The average Bonchev–Trinajstić information content (AvgIpc) is 3.05. The molecule has 0 N–H and O–H groups in total. The summed E-state index contributed by atoms with van der Waals surface area (Å²) in [4.78, 5) is 20.1. The summed E-state index contributed by atoms with van der Waals surface area (Å²) in [5.41, 5.74) is 3.24. The Bertz CT molecular complexity index is 957. The number of halogens is 2. The highest BCUT2D eigenvalue weighted by atomic mass is 19.1. The van der Waals surface area contributed by atoms with Crippen LogP contribution in [0.1, 0.15) is 34.2 Å². The van der Waals surface area contributed by atoms with Crippen molar-refractivity contribution in [3.05, 3.63) is 52.3 Å². The van der Waals surface area contributed by atoms with Crippen molar-refractivity contribution in [1.82, 2.24) is 14.4 Å². The van der Waals surface area contributed by atoms with Crippen molar-refractivity contribution in [2.45, 2.75) is 27.3 Å². The number of morpholine rings is 1. The van der Waals surface area contributed by atoms with E-state index in [1.165, 1.54) is 18.2 Å². The molecular formula is C24H32F2N4O2. The van der Waals surface area contributed by atoms with E-state index < -0.39 is 11.6 Å². The molecule has 4 rings (SSSR count). The molecule has 0 bridgehead atoms. The molecule has 2 aliphatic rings. The highest BCUT2D eigenvalue weighted by Gasteiger charge is 2.31. The molecule has 0 aliphatic carbocycles. The molecule has 1 aromatic heterocycles. The Hall–Kier alpha value is -2.45. The molecule has 2 aromatic rings. The minimum atomic E-state index is -0.598. The van der Waals surface area contributed by atoms with Gasteiger partial charge in [0, 0.05) is 56.1 Å². The lowest BCUT2D eigenvalue weighted by Crippen LogP contribution is -2.46. The van der Waals surface area contributed by atoms with Gasteiger partial charge in [-0.1, -0.05) is 13.0 Å². The van der Waals surface area contributed by atoms with Gasteiger partial charge in [0.05, 0.1) is 25.4 Å². The molecule has 8 heteroatoms. The van der Waals surface area contributed by atoms with Crippen molar-refractivity contribution in [3.8, 4) is 0 Å². The molecule has 0 spiro atoms. The molecule has 1 amide bonds. The van der Waals surface area contributed by atoms with Crippen LogP contribution in [0.25, 0.3) is 0 Å². The van der Waals surface area contributed by atoms with Gasteiger partial charge in [-0.25, -0.2) is 8.78 Å². The molecule has 0 radical (unpaired) electrons. The van der Waals surface area contributed by atoms with Crippen LogP contribution in [0.4, 0.5) is 14.5 Å². The van der Waals surface area contributed by atoms with Crippen LogP contribution in [0.3, 0.4) is 0 Å². The van der Waals surface area contributed by atoms with E-state index in [0.717, 1.165) is 49.7 Å². The molecule has 1 aromatic carbocycles. The number of aromatic nitrogens is 1. The molecule has 0 saturated carbocycles. The molecule has 0 atom stereocenters. The number of carbonyl (C=O) groups excluding carboxylic acids is 1. The van der Waals surface area contributed by atoms with Gasteiger partial charge in [-0.3, -0.25) is 4.79 Å². The molecule has 174 valence electrons. The summed E-state index contributed by atoms with van der Waals surface area (Å²) >= 11 is 0. The zero-order chi connectivity index (χ0) is 22.8. The summed E-state index contributed by atoms with van der Waals surface area (Å²) < 4.78 is 36.2. The molecule has 32 heavy (non-hydrogen) atoms. The fourth-order valence-corrected chi connectivity index (χ4v) is 4.87. The maximum Gasteiger partial charge on any atom is 0.271 e. The molecule has 3 heterocycles. The standard InChI is InChI=1S/C24H32F2N4O2/c1-4-27-8-10-28(11-9-27)22-17(2)23(24(31)29-12-14-32-15-13-29)30(18(22)3)16-19-20(25)6-5-7-21(19)26/h5-7H,4,8-16H2,1-3H3. The van der Waals surface area contributed by atoms with Crippen LogP contribution in [-0.4, -0.2) is 79.3 Å². The van der Waals surface area contributed by atoms with Gasteiger partial charge < -0.3 is 24.0 Å². The summed E-state index contributed by atoms with van der Waals surface area (Å²) in [6, 6.07) is 3.89. The van der Waals surface area contributed by atoms with E-state index in [0.29, 0.717) is 32.0 Å². The first-order valence-electron chi connectivity index (χ1n) is 11.4. The van der Waals surface area contributed by atoms with Crippen LogP contribution < -0.4 is 4.90 Å². The van der Waals surface area contributed by atoms with E-state index in [1.807, 2.05) is 13.8 Å². The van der Waals surface area contributed by atoms with Crippen LogP contribution in [0, 0.1) is 25.5 Å². The van der Waals surface area contributed by atoms with E-state index >= 15 is 0 Å². The molecule has 2 saturated heterocycles. The van der Waals surface area contributed by atoms with Crippen LogP contribution in [-0.2, 0) is 11.3 Å². The van der Waals surface area contributed by atoms with Crippen LogP contribution >= 0.6 is 0 Å². The van der Waals surface area contributed by atoms with E-state index in [1.54, 1.807) is 9.47 Å². The largest absolute Gasteiger partial charge is 0.378 e. The summed E-state index contributed by atoms with van der Waals surface area (Å²) in [6.07, 6.45) is 0. The molecule has 0 unspecified atom stereocenters. The van der Waals surface area contributed by atoms with Crippen molar-refractivity contribution in [3.63, 3.8) is 0 Å². The summed E-state index contributed by atoms with van der Waals surface area (Å²) in [5, 5.41) is 0. The summed E-state index contributed by atoms with van der Waals surface area (Å²) in [6.45, 7) is 12.7. The Balaban J connectivity index is 1.76. The average molecular weight is 447 g/mol. The van der Waals surface area contributed by atoms with Crippen molar-refractivity contribution in [1.29, 1.82) is 0 Å². The van der Waals surface area contributed by atoms with E-state index in [2.05, 4.69) is 16.7 Å². The van der Waals surface area contributed by atoms with Crippen molar-refractivity contribution < 1.29 is 18.3 Å². The SMILES string of the molecule is CCN1CCN(c2c(C)c(C(=O)N3CCOCC3)n(Cc3c(F)cccc3F)c2C)CC1. The number of hydrogen-bond donors (Lipinski definition) is 0. The zero-order valence-electron chi connectivity index (χ0n) is 19.2. The number of benzene rings is 1. The highest BCUT2D eigenvalue weighted by molar-refractivity contribution is 5.96. The Labute approximate surface area is 188 Å². The Morgan fingerprint density at radius 1 is 1.00 bits per heavy atom. The first-order chi connectivity index (χ1) is 15.4. The van der Waals surface area contributed by atoms with Gasteiger partial charge in [0.15, 0.2) is 0 Å². The van der Waals surface area contributed by atoms with Gasteiger partial charge >= 0.3 is 0 Å². The third kappa shape index (κ3) is 4.26. The number of piperazine rings is 1. The lowest BCUT2D eigenvalue weighted by Gasteiger charge is -2.36. The van der Waals surface area contributed by atoms with E-state index in [-0.39, 0.29) is 18.0 Å². The molecule has 2 aliphatic heterocycles. The van der Waals surface area contributed by atoms with Crippen LogP contribution in [0.2, 0.25) is 0 Å². The first kappa shape index (κ1) is 22.7. The van der Waals surface area contributed by atoms with E-state index in [4.69, 9.17) is 4.74 Å². The molecule has 2 fully saturated rings. The third-order valence-electron chi connectivity index (χ3n) is 6.74. The van der Waals surface area contributed by atoms with Crippen molar-refractivity contribution in [2.75, 3.05) is 63.9 Å². The van der Waals surface area contributed by atoms with Gasteiger partial charge in [0.25, 0.3) is 5.91 Å². The fourth-order valence-electron chi connectivity index (χ4n) is 4.87. The van der Waals surface area contributed by atoms with Crippen LogP contribution in [0.5, 0.6) is 0 Å². The van der Waals surface area contributed by atoms with Gasteiger partial charge in [-0.2, -0.15) is 0 Å². The number of nitrogens with zero attached hydrogens (tertiary/aromatic N) is 4. The van der Waals surface area contributed by atoms with Crippen molar-refractivity contribution in [2.24, 2.45) is 0 Å². The quantitative estimate of drug-likeness (QED) is 0.708. The third-order valence-corrected chi connectivity index (χ3v) is 6.74. The number of anilines is 1. The lowest BCUT2D eigenvalue weighted by atomic mass is 10.1. The van der Waals surface area contributed by atoms with Crippen LogP contribution in [0.15, 0.2) is 18.2 Å². The predicted molar refractivity (Wildman–Crippen MR) is 120 cm³/mol. The number of hydrogen-bond acceptors (Lipinski definition) is 4. The van der Waals surface area contributed by atoms with Gasteiger partial charge in [-0.15, -0.1) is 0 Å². The molecular weight excluding hydrogens is 414 g/mol. The minimum Gasteiger partial charge on any atom is -0.378 e. The van der Waals surface area contributed by atoms with E-state index in [9.17, 15) is 13.6 Å². The number of amides is 1. The molecule has 6 nitrogen and oxygen atoms in total. The number of likely N-dealkylation sites (N-methyl/N-ethyl adjacent to an activating group) is 1. The maximum absolute atomic E-state index is 14.5. The first-order valence-corrected chi connectivity index (χ1v) is 11.4. The second kappa shape index (κ2) is 9.58. The predicted octanol–water partition coefficient (Wildman–Crippen LogP) is 3.05. The summed E-state index contributed by atoms with van der Waals surface area (Å²) in [7, 11) is 0. The Morgan fingerprint density at radius 2 is 1.62 bits per heavy atom. The Kier molecular flexibility index (Phi) is 6.81. The van der Waals surface area contributed by atoms with Gasteiger partial charge in [-0.05, 0) is 32.5 Å².